The molecule has 0 aromatic heterocycles. The number of hydrogen-bond acceptors (Lipinski definition) is 3. The highest BCUT2D eigenvalue weighted by Crippen LogP contribution is 2.19. The molecule has 0 saturated carbocycles. The minimum absolute atomic E-state index is 0.664. The van der Waals surface area contributed by atoms with E-state index < -0.39 is 0 Å². The van der Waals surface area contributed by atoms with Gasteiger partial charge in [-0.15, -0.1) is 0 Å². The first-order valence-electron chi connectivity index (χ1n) is 5.18. The maximum atomic E-state index is 5.42. The average Bonchev–Trinajstić information content (AvgIpc) is 2.65. The molecule has 1 N–H and O–H groups in total. The number of hydrogen-bond donors (Lipinski definition) is 1. The minimum atomic E-state index is 0.664. The Morgan fingerprint density at radius 2 is 2.46 bits per heavy atom. The predicted octanol–water partition coefficient (Wildman–Crippen LogP) is 1.75. The van der Waals surface area contributed by atoms with Gasteiger partial charge < -0.3 is 10.1 Å². The first kappa shape index (κ1) is 11.3. The van der Waals surface area contributed by atoms with Crippen molar-refractivity contribution in [2.45, 2.75) is 25.8 Å². The van der Waals surface area contributed by atoms with E-state index >= 15 is 0 Å². The van der Waals surface area contributed by atoms with Crippen LogP contribution < -0.4 is 5.32 Å². The van der Waals surface area contributed by atoms with Gasteiger partial charge in [0.2, 0.25) is 0 Å². The van der Waals surface area contributed by atoms with Crippen LogP contribution in [-0.4, -0.2) is 37.8 Å². The Balaban J connectivity index is 2.26. The lowest BCUT2D eigenvalue weighted by molar-refractivity contribution is 0.179. The van der Waals surface area contributed by atoms with Gasteiger partial charge in [-0.25, -0.2) is 0 Å². The lowest BCUT2D eigenvalue weighted by Crippen LogP contribution is -2.39. The summed E-state index contributed by atoms with van der Waals surface area (Å²) in [5, 5.41) is 3.61. The van der Waals surface area contributed by atoms with Crippen LogP contribution in [0.25, 0.3) is 0 Å². The molecular weight excluding hydrogens is 182 g/mol. The maximum absolute atomic E-state index is 5.42. The predicted molar refractivity (Wildman–Crippen MR) is 59.4 cm³/mol. The molecule has 2 unspecified atom stereocenters. The zero-order chi connectivity index (χ0) is 9.52. The molecule has 1 heterocycles. The Morgan fingerprint density at radius 1 is 1.62 bits per heavy atom. The van der Waals surface area contributed by atoms with Crippen LogP contribution in [0, 0.1) is 5.92 Å². The highest BCUT2D eigenvalue weighted by molar-refractivity contribution is 7.98. The SMILES string of the molecule is CCCNC(CSC)C1CCOC1. The van der Waals surface area contributed by atoms with Crippen LogP contribution >= 0.6 is 11.8 Å². The molecular formula is C10H21NOS. The second-order valence-corrected chi connectivity index (χ2v) is 4.55. The molecule has 1 rings (SSSR count). The molecule has 1 aliphatic rings. The summed E-state index contributed by atoms with van der Waals surface area (Å²) in [7, 11) is 0. The van der Waals surface area contributed by atoms with E-state index in [-0.39, 0.29) is 0 Å². The zero-order valence-corrected chi connectivity index (χ0v) is 9.53. The first-order chi connectivity index (χ1) is 6.38. The van der Waals surface area contributed by atoms with E-state index in [2.05, 4.69) is 18.5 Å². The van der Waals surface area contributed by atoms with Crippen molar-refractivity contribution in [1.82, 2.24) is 5.32 Å². The largest absolute Gasteiger partial charge is 0.381 e. The van der Waals surface area contributed by atoms with Gasteiger partial charge in [0.15, 0.2) is 0 Å². The van der Waals surface area contributed by atoms with Crippen molar-refractivity contribution in [2.75, 3.05) is 31.8 Å². The van der Waals surface area contributed by atoms with E-state index in [4.69, 9.17) is 4.74 Å². The van der Waals surface area contributed by atoms with Crippen LogP contribution in [0.2, 0.25) is 0 Å². The summed E-state index contributed by atoms with van der Waals surface area (Å²) in [5.41, 5.74) is 0. The van der Waals surface area contributed by atoms with Crippen molar-refractivity contribution in [2.24, 2.45) is 5.92 Å². The molecule has 2 atom stereocenters. The molecule has 2 nitrogen and oxygen atoms in total. The molecule has 13 heavy (non-hydrogen) atoms. The molecule has 3 heteroatoms. The summed E-state index contributed by atoms with van der Waals surface area (Å²) < 4.78 is 5.42. The number of nitrogens with one attached hydrogen (secondary N) is 1. The van der Waals surface area contributed by atoms with Crippen molar-refractivity contribution in [3.8, 4) is 0 Å². The van der Waals surface area contributed by atoms with Crippen LogP contribution in [0.1, 0.15) is 19.8 Å². The van der Waals surface area contributed by atoms with Crippen molar-refractivity contribution < 1.29 is 4.74 Å². The summed E-state index contributed by atoms with van der Waals surface area (Å²) in [6.45, 7) is 5.28. The number of rotatable bonds is 6. The smallest absolute Gasteiger partial charge is 0.0510 e. The van der Waals surface area contributed by atoms with Gasteiger partial charge >= 0.3 is 0 Å². The molecule has 0 spiro atoms. The van der Waals surface area contributed by atoms with Crippen LogP contribution in [-0.2, 0) is 4.74 Å². The zero-order valence-electron chi connectivity index (χ0n) is 8.71. The lowest BCUT2D eigenvalue weighted by Gasteiger charge is -2.22. The average molecular weight is 203 g/mol. The van der Waals surface area contributed by atoms with Gasteiger partial charge in [0.05, 0.1) is 6.61 Å². The van der Waals surface area contributed by atoms with Crippen molar-refractivity contribution in [3.63, 3.8) is 0 Å². The second kappa shape index (κ2) is 6.68. The van der Waals surface area contributed by atoms with E-state index in [9.17, 15) is 0 Å². The Kier molecular flexibility index (Phi) is 5.83. The molecule has 0 aromatic carbocycles. The van der Waals surface area contributed by atoms with E-state index in [1.54, 1.807) is 0 Å². The summed E-state index contributed by atoms with van der Waals surface area (Å²) in [4.78, 5) is 0. The van der Waals surface area contributed by atoms with Crippen molar-refractivity contribution in [1.29, 1.82) is 0 Å². The molecule has 0 aliphatic carbocycles. The van der Waals surface area contributed by atoms with Crippen molar-refractivity contribution in [3.05, 3.63) is 0 Å². The highest BCUT2D eigenvalue weighted by atomic mass is 32.2. The number of ether oxygens (including phenoxy) is 1. The summed E-state index contributed by atoms with van der Waals surface area (Å²) in [6, 6.07) is 0.664. The Labute approximate surface area is 85.8 Å². The topological polar surface area (TPSA) is 21.3 Å². The second-order valence-electron chi connectivity index (χ2n) is 3.64. The van der Waals surface area contributed by atoms with Crippen LogP contribution in [0.5, 0.6) is 0 Å². The van der Waals surface area contributed by atoms with Crippen LogP contribution in [0.4, 0.5) is 0 Å². The van der Waals surface area contributed by atoms with E-state index in [0.29, 0.717) is 6.04 Å². The summed E-state index contributed by atoms with van der Waals surface area (Å²) >= 11 is 1.93. The number of thioether (sulfide) groups is 1. The molecule has 0 bridgehead atoms. The molecule has 0 amide bonds. The van der Waals surface area contributed by atoms with Crippen LogP contribution in [0.3, 0.4) is 0 Å². The first-order valence-corrected chi connectivity index (χ1v) is 6.58. The van der Waals surface area contributed by atoms with Gasteiger partial charge in [0, 0.05) is 24.3 Å². The molecule has 1 aliphatic heterocycles. The Bertz CT molecular complexity index is 126. The molecule has 0 aromatic rings. The van der Waals surface area contributed by atoms with Crippen molar-refractivity contribution >= 4 is 11.8 Å². The molecule has 78 valence electrons. The van der Waals surface area contributed by atoms with E-state index in [0.717, 1.165) is 25.7 Å². The quantitative estimate of drug-likeness (QED) is 0.710. The third kappa shape index (κ3) is 3.88. The van der Waals surface area contributed by atoms with Gasteiger partial charge in [-0.05, 0) is 25.6 Å². The molecule has 1 fully saturated rings. The molecule has 0 radical (unpaired) electrons. The third-order valence-electron chi connectivity index (χ3n) is 2.54. The third-order valence-corrected chi connectivity index (χ3v) is 3.23. The van der Waals surface area contributed by atoms with Gasteiger partial charge in [0.1, 0.15) is 0 Å². The van der Waals surface area contributed by atoms with Gasteiger partial charge in [-0.2, -0.15) is 11.8 Å². The summed E-state index contributed by atoms with van der Waals surface area (Å²) in [5.74, 6) is 1.97. The monoisotopic (exact) mass is 203 g/mol. The summed E-state index contributed by atoms with van der Waals surface area (Å²) in [6.07, 6.45) is 4.64. The van der Waals surface area contributed by atoms with Gasteiger partial charge in [-0.3, -0.25) is 0 Å². The minimum Gasteiger partial charge on any atom is -0.381 e. The normalized spacial score (nSPS) is 24.9. The highest BCUT2D eigenvalue weighted by Gasteiger charge is 2.24. The van der Waals surface area contributed by atoms with Crippen LogP contribution in [0.15, 0.2) is 0 Å². The molecule has 1 saturated heterocycles. The van der Waals surface area contributed by atoms with Gasteiger partial charge in [0.25, 0.3) is 0 Å². The van der Waals surface area contributed by atoms with E-state index in [1.165, 1.54) is 18.6 Å². The standard InChI is InChI=1S/C10H21NOS/c1-3-5-11-10(8-13-2)9-4-6-12-7-9/h9-11H,3-8H2,1-2H3. The lowest BCUT2D eigenvalue weighted by atomic mass is 10.0. The van der Waals surface area contributed by atoms with Gasteiger partial charge in [-0.1, -0.05) is 6.92 Å². The van der Waals surface area contributed by atoms with E-state index in [1.807, 2.05) is 11.8 Å². The fraction of sp³-hybridized carbons (Fsp3) is 1.00. The Morgan fingerprint density at radius 3 is 3.00 bits per heavy atom. The fourth-order valence-corrected chi connectivity index (χ4v) is 2.49. The Hall–Kier alpha value is 0.270. The maximum Gasteiger partial charge on any atom is 0.0510 e. The fourth-order valence-electron chi connectivity index (χ4n) is 1.74.